The summed E-state index contributed by atoms with van der Waals surface area (Å²) >= 11 is 0. The molecule has 11 heteroatoms. The van der Waals surface area contributed by atoms with Gasteiger partial charge in [-0.05, 0) is 46.5 Å². The Hall–Kier alpha value is -5.19. The van der Waals surface area contributed by atoms with Crippen LogP contribution in [0.1, 0.15) is 34.2 Å². The molecule has 0 bridgehead atoms. The number of hydrogen-bond donors (Lipinski definition) is 5. The topological polar surface area (TPSA) is 155 Å². The summed E-state index contributed by atoms with van der Waals surface area (Å²) < 4.78 is 0. The van der Waals surface area contributed by atoms with Crippen LogP contribution >= 0.6 is 12.4 Å². The van der Waals surface area contributed by atoms with Gasteiger partial charge in [0.1, 0.15) is 12.4 Å². The smallest absolute Gasteiger partial charge is 0.312 e. The van der Waals surface area contributed by atoms with Gasteiger partial charge in [0.2, 0.25) is 5.91 Å². The molecule has 4 amide bonds. The molecule has 10 nitrogen and oxygen atoms in total. The molecule has 43 heavy (non-hydrogen) atoms. The maximum absolute atomic E-state index is 14.1. The first kappa shape index (κ1) is 32.3. The first-order valence-electron chi connectivity index (χ1n) is 13.3. The molecule has 4 rings (SSSR count). The lowest BCUT2D eigenvalue weighted by Gasteiger charge is -2.27. The minimum absolute atomic E-state index is 0. The van der Waals surface area contributed by atoms with Crippen molar-refractivity contribution in [1.29, 1.82) is 0 Å². The lowest BCUT2D eigenvalue weighted by Crippen LogP contribution is -2.43. The van der Waals surface area contributed by atoms with Crippen molar-refractivity contribution in [3.05, 3.63) is 131 Å². The summed E-state index contributed by atoms with van der Waals surface area (Å²) in [7, 11) is 1.64. The molecule has 0 saturated carbocycles. The van der Waals surface area contributed by atoms with Crippen molar-refractivity contribution in [2.45, 2.75) is 18.5 Å². The van der Waals surface area contributed by atoms with Crippen LogP contribution in [-0.2, 0) is 16.1 Å². The van der Waals surface area contributed by atoms with Crippen LogP contribution < -0.4 is 32.5 Å². The lowest BCUT2D eigenvalue weighted by atomic mass is 9.90. The second-order valence-corrected chi connectivity index (χ2v) is 9.50. The molecule has 1 atom stereocenters. The van der Waals surface area contributed by atoms with E-state index in [0.29, 0.717) is 16.9 Å². The third kappa shape index (κ3) is 8.65. The van der Waals surface area contributed by atoms with Gasteiger partial charge in [0.15, 0.2) is 0 Å². The first-order valence-corrected chi connectivity index (χ1v) is 13.3. The van der Waals surface area contributed by atoms with Gasteiger partial charge in [-0.2, -0.15) is 0 Å². The minimum atomic E-state index is -1.03. The predicted octanol–water partition coefficient (Wildman–Crippen LogP) is 4.05. The molecule has 0 fully saturated rings. The number of amides is 4. The minimum Gasteiger partial charge on any atom is -0.352 e. The largest absolute Gasteiger partial charge is 0.352 e. The van der Waals surface area contributed by atoms with Crippen molar-refractivity contribution in [2.75, 3.05) is 11.9 Å². The number of hydrogen-bond acceptors (Lipinski definition) is 5. The quantitative estimate of drug-likeness (QED) is 0.0761. The monoisotopic (exact) mass is 599 g/mol. The summed E-state index contributed by atoms with van der Waals surface area (Å²) in [5.74, 6) is 4.00. The van der Waals surface area contributed by atoms with Crippen molar-refractivity contribution in [3.8, 4) is 0 Å². The molecule has 4 aromatic rings. The Morgan fingerprint density at radius 1 is 0.837 bits per heavy atom. The average molecular weight is 600 g/mol. The molecule has 1 unspecified atom stereocenters. The van der Waals surface area contributed by atoms with Gasteiger partial charge >= 0.3 is 6.03 Å². The number of likely N-dealkylation sites (N-methyl/N-ethyl adjacent to an activating group) is 1. The highest BCUT2D eigenvalue weighted by Gasteiger charge is 2.31. The first-order chi connectivity index (χ1) is 20.4. The van der Waals surface area contributed by atoms with Crippen LogP contribution in [0.15, 0.2) is 114 Å². The summed E-state index contributed by atoms with van der Waals surface area (Å²) in [5.41, 5.74) is 11.6. The molecule has 4 aromatic carbocycles. The molecule has 0 radical (unpaired) electrons. The lowest BCUT2D eigenvalue weighted by molar-refractivity contribution is -0.128. The summed E-state index contributed by atoms with van der Waals surface area (Å²) in [6.07, 6.45) is 1.33. The highest BCUT2D eigenvalue weighted by Crippen LogP contribution is 2.28. The van der Waals surface area contributed by atoms with E-state index in [1.54, 1.807) is 55.6 Å². The number of benzene rings is 4. The molecule has 0 saturated heterocycles. The number of carbonyl (C=O) groups excluding carboxylic acids is 3. The Bertz CT molecular complexity index is 1490. The zero-order valence-electron chi connectivity index (χ0n) is 23.5. The van der Waals surface area contributed by atoms with Crippen LogP contribution in [0.25, 0.3) is 0 Å². The standard InChI is InChI=1S/C32H33N7O3.ClH/c1-39(27-17-15-22(16-18-27)20-35-32(33)42)31(41)29(25-13-8-14-26(19-25)36-21-37-34)38-30(40)28(23-9-4-2-5-10-23)24-11-6-3-7-12-24;/h2-19,21,28-29H,20,34H2,1H3,(H,36,37)(H,38,40)(H3,33,35,42);1H. The fraction of sp³-hybridized carbons (Fsp3) is 0.125. The van der Waals surface area contributed by atoms with Crippen LogP contribution in [-0.4, -0.2) is 31.2 Å². The highest BCUT2D eigenvalue weighted by molar-refractivity contribution is 6.00. The number of carbonyl (C=O) groups is 3. The summed E-state index contributed by atoms with van der Waals surface area (Å²) in [4.78, 5) is 44.9. The van der Waals surface area contributed by atoms with Crippen LogP contribution in [0.4, 0.5) is 16.2 Å². The van der Waals surface area contributed by atoms with Crippen LogP contribution in [0, 0.1) is 0 Å². The van der Waals surface area contributed by atoms with Gasteiger partial charge in [0.25, 0.3) is 5.91 Å². The molecule has 7 N–H and O–H groups in total. The Kier molecular flexibility index (Phi) is 11.8. The van der Waals surface area contributed by atoms with E-state index in [1.807, 2.05) is 60.7 Å². The van der Waals surface area contributed by atoms with E-state index in [9.17, 15) is 14.4 Å². The zero-order valence-corrected chi connectivity index (χ0v) is 24.3. The maximum atomic E-state index is 14.1. The number of hydrazine groups is 1. The van der Waals surface area contributed by atoms with E-state index >= 15 is 0 Å². The molecule has 0 aliphatic rings. The average Bonchev–Trinajstić information content (AvgIpc) is 3.02. The number of urea groups is 1. The van der Waals surface area contributed by atoms with Gasteiger partial charge in [-0.3, -0.25) is 9.59 Å². The maximum Gasteiger partial charge on any atom is 0.312 e. The number of aliphatic imine (C=N–C) groups is 1. The number of nitrogens with zero attached hydrogens (tertiary/aromatic N) is 2. The number of primary amides is 1. The van der Waals surface area contributed by atoms with Crippen molar-refractivity contribution in [3.63, 3.8) is 0 Å². The summed E-state index contributed by atoms with van der Waals surface area (Å²) in [6, 6.07) is 31.3. The third-order valence-electron chi connectivity index (χ3n) is 6.67. The van der Waals surface area contributed by atoms with Gasteiger partial charge in [-0.1, -0.05) is 84.9 Å². The van der Waals surface area contributed by atoms with E-state index in [2.05, 4.69) is 21.1 Å². The molecule has 0 aliphatic carbocycles. The molecule has 0 aromatic heterocycles. The van der Waals surface area contributed by atoms with Gasteiger partial charge in [0, 0.05) is 19.3 Å². The van der Waals surface area contributed by atoms with Crippen molar-refractivity contribution in [2.24, 2.45) is 16.6 Å². The third-order valence-corrected chi connectivity index (χ3v) is 6.67. The van der Waals surface area contributed by atoms with Crippen LogP contribution in [0.3, 0.4) is 0 Å². The number of rotatable bonds is 11. The van der Waals surface area contributed by atoms with E-state index in [0.717, 1.165) is 16.7 Å². The normalized spacial score (nSPS) is 11.3. The van der Waals surface area contributed by atoms with E-state index in [-0.39, 0.29) is 30.8 Å². The van der Waals surface area contributed by atoms with Gasteiger partial charge < -0.3 is 26.7 Å². The van der Waals surface area contributed by atoms with Gasteiger partial charge in [-0.25, -0.2) is 15.6 Å². The zero-order chi connectivity index (χ0) is 29.9. The molecule has 0 aliphatic heterocycles. The molecular weight excluding hydrogens is 566 g/mol. The number of anilines is 1. The molecule has 0 spiro atoms. The fourth-order valence-electron chi connectivity index (χ4n) is 4.54. The second-order valence-electron chi connectivity index (χ2n) is 9.50. The molecule has 0 heterocycles. The number of halogens is 1. The Morgan fingerprint density at radius 3 is 1.98 bits per heavy atom. The van der Waals surface area contributed by atoms with Crippen LogP contribution in [0.5, 0.6) is 0 Å². The molecule has 222 valence electrons. The molecular formula is C32H34ClN7O3. The van der Waals surface area contributed by atoms with Crippen molar-refractivity contribution in [1.82, 2.24) is 16.1 Å². The number of nitrogens with one attached hydrogen (secondary N) is 3. The van der Waals surface area contributed by atoms with Gasteiger partial charge in [-0.15, -0.1) is 12.4 Å². The SMILES string of the molecule is CN(C(=O)C(NC(=O)C(c1ccccc1)c1ccccc1)c1cccc(N=CNN)c1)c1ccc(CNC(N)=O)cc1.Cl. The van der Waals surface area contributed by atoms with Crippen molar-refractivity contribution < 1.29 is 14.4 Å². The summed E-state index contributed by atoms with van der Waals surface area (Å²) in [5, 5.41) is 5.56. The fourth-order valence-corrected chi connectivity index (χ4v) is 4.54. The summed E-state index contributed by atoms with van der Waals surface area (Å²) in [6.45, 7) is 0.261. The van der Waals surface area contributed by atoms with Gasteiger partial charge in [0.05, 0.1) is 11.6 Å². The number of nitrogens with two attached hydrogens (primary N) is 2. The Balaban J connectivity index is 0.00000506. The Labute approximate surface area is 256 Å². The van der Waals surface area contributed by atoms with Crippen LogP contribution in [0.2, 0.25) is 0 Å². The van der Waals surface area contributed by atoms with E-state index in [4.69, 9.17) is 11.6 Å². The highest BCUT2D eigenvalue weighted by atomic mass is 35.5. The van der Waals surface area contributed by atoms with E-state index in [1.165, 1.54) is 11.2 Å². The predicted molar refractivity (Wildman–Crippen MR) is 171 cm³/mol. The second kappa shape index (κ2) is 15.7. The Morgan fingerprint density at radius 2 is 1.42 bits per heavy atom. The van der Waals surface area contributed by atoms with Crippen molar-refractivity contribution >= 4 is 48.0 Å². The van der Waals surface area contributed by atoms with E-state index < -0.39 is 18.0 Å².